The van der Waals surface area contributed by atoms with Gasteiger partial charge in [0.05, 0.1) is 22.8 Å². The predicted molar refractivity (Wildman–Crippen MR) is 123 cm³/mol. The lowest BCUT2D eigenvalue weighted by Crippen LogP contribution is -2.38. The molecule has 0 spiro atoms. The standard InChI is InChI=1S/C20H24F3N3O2S.HI/c1-2-24-19(26-15-16-9-11-17(12-10-16)20(21,22)23)25-13-6-14-29(27,28)18-7-4-3-5-8-18;/h3-5,7-12H,2,6,13-15H2,1H3,(H2,24,25,26);1H. The maximum absolute atomic E-state index is 12.6. The van der Waals surface area contributed by atoms with Crippen molar-refractivity contribution in [1.82, 2.24) is 10.6 Å². The molecule has 0 aliphatic heterocycles. The Morgan fingerprint density at radius 1 is 1.00 bits per heavy atom. The van der Waals surface area contributed by atoms with E-state index in [1.165, 1.54) is 12.1 Å². The number of nitrogens with zero attached hydrogens (tertiary/aromatic N) is 1. The Labute approximate surface area is 192 Å². The van der Waals surface area contributed by atoms with Crippen molar-refractivity contribution < 1.29 is 21.6 Å². The van der Waals surface area contributed by atoms with Crippen molar-refractivity contribution >= 4 is 39.8 Å². The summed E-state index contributed by atoms with van der Waals surface area (Å²) in [4.78, 5) is 4.63. The minimum absolute atomic E-state index is 0. The lowest BCUT2D eigenvalue weighted by atomic mass is 10.1. The molecule has 2 aromatic carbocycles. The molecular weight excluding hydrogens is 530 g/mol. The van der Waals surface area contributed by atoms with Gasteiger partial charge in [0.25, 0.3) is 0 Å². The molecule has 10 heteroatoms. The first-order chi connectivity index (χ1) is 13.7. The third-order valence-corrected chi connectivity index (χ3v) is 5.85. The number of hydrogen-bond donors (Lipinski definition) is 2. The van der Waals surface area contributed by atoms with E-state index in [0.29, 0.717) is 35.9 Å². The molecule has 0 amide bonds. The van der Waals surface area contributed by atoms with E-state index in [4.69, 9.17) is 0 Å². The number of rotatable bonds is 8. The van der Waals surface area contributed by atoms with E-state index in [0.717, 1.165) is 12.1 Å². The zero-order valence-corrected chi connectivity index (χ0v) is 19.6. The van der Waals surface area contributed by atoms with Crippen LogP contribution >= 0.6 is 24.0 Å². The van der Waals surface area contributed by atoms with Crippen LogP contribution in [0.5, 0.6) is 0 Å². The van der Waals surface area contributed by atoms with Crippen LogP contribution in [0, 0.1) is 0 Å². The van der Waals surface area contributed by atoms with E-state index in [1.807, 2.05) is 6.92 Å². The topological polar surface area (TPSA) is 70.6 Å². The summed E-state index contributed by atoms with van der Waals surface area (Å²) in [7, 11) is -3.33. The molecule has 0 heterocycles. The summed E-state index contributed by atoms with van der Waals surface area (Å²) in [5.74, 6) is 0.479. The Morgan fingerprint density at radius 2 is 1.63 bits per heavy atom. The zero-order chi connectivity index (χ0) is 21.3. The molecule has 2 rings (SSSR count). The third kappa shape index (κ3) is 8.50. The smallest absolute Gasteiger partial charge is 0.357 e. The van der Waals surface area contributed by atoms with Crippen molar-refractivity contribution in [2.24, 2.45) is 4.99 Å². The van der Waals surface area contributed by atoms with E-state index >= 15 is 0 Å². The molecule has 0 saturated carbocycles. The molecular formula is C20H25F3IN3O2S. The van der Waals surface area contributed by atoms with Crippen molar-refractivity contribution in [2.45, 2.75) is 31.0 Å². The molecule has 0 saturated heterocycles. The highest BCUT2D eigenvalue weighted by Crippen LogP contribution is 2.29. The third-order valence-electron chi connectivity index (χ3n) is 4.03. The normalized spacial score (nSPS) is 12.2. The fourth-order valence-electron chi connectivity index (χ4n) is 2.53. The van der Waals surface area contributed by atoms with Gasteiger partial charge < -0.3 is 10.6 Å². The minimum atomic E-state index is -4.36. The highest BCUT2D eigenvalue weighted by atomic mass is 127. The number of hydrogen-bond acceptors (Lipinski definition) is 3. The average molecular weight is 555 g/mol. The molecule has 0 aliphatic carbocycles. The van der Waals surface area contributed by atoms with Crippen LogP contribution in [0.25, 0.3) is 0 Å². The summed E-state index contributed by atoms with van der Waals surface area (Å²) in [6, 6.07) is 13.1. The van der Waals surface area contributed by atoms with E-state index in [2.05, 4.69) is 15.6 Å². The highest BCUT2D eigenvalue weighted by molar-refractivity contribution is 14.0. The number of nitrogens with one attached hydrogen (secondary N) is 2. The summed E-state index contributed by atoms with van der Waals surface area (Å²) in [5.41, 5.74) is -0.0586. The number of alkyl halides is 3. The van der Waals surface area contributed by atoms with Gasteiger partial charge in [0, 0.05) is 13.1 Å². The van der Waals surface area contributed by atoms with E-state index in [9.17, 15) is 21.6 Å². The van der Waals surface area contributed by atoms with Gasteiger partial charge in [0.1, 0.15) is 0 Å². The molecule has 5 nitrogen and oxygen atoms in total. The Hall–Kier alpha value is -1.82. The summed E-state index contributed by atoms with van der Waals surface area (Å²) < 4.78 is 62.3. The average Bonchev–Trinajstić information content (AvgIpc) is 2.69. The molecule has 2 N–H and O–H groups in total. The van der Waals surface area contributed by atoms with Crippen LogP contribution in [-0.4, -0.2) is 33.2 Å². The van der Waals surface area contributed by atoms with Gasteiger partial charge in [-0.15, -0.1) is 24.0 Å². The second-order valence-corrected chi connectivity index (χ2v) is 8.41. The molecule has 0 aromatic heterocycles. The molecule has 0 atom stereocenters. The van der Waals surface area contributed by atoms with Crippen LogP contribution in [0.4, 0.5) is 13.2 Å². The van der Waals surface area contributed by atoms with Crippen molar-refractivity contribution in [3.63, 3.8) is 0 Å². The summed E-state index contributed by atoms with van der Waals surface area (Å²) in [5, 5.41) is 6.07. The molecule has 2 aromatic rings. The minimum Gasteiger partial charge on any atom is -0.357 e. The first kappa shape index (κ1) is 26.2. The van der Waals surface area contributed by atoms with Crippen molar-refractivity contribution in [2.75, 3.05) is 18.8 Å². The second-order valence-electron chi connectivity index (χ2n) is 6.30. The van der Waals surface area contributed by atoms with Crippen LogP contribution < -0.4 is 10.6 Å². The summed E-state index contributed by atoms with van der Waals surface area (Å²) in [6.45, 7) is 3.08. The number of sulfone groups is 1. The largest absolute Gasteiger partial charge is 0.416 e. The molecule has 0 fully saturated rings. The lowest BCUT2D eigenvalue weighted by molar-refractivity contribution is -0.137. The Morgan fingerprint density at radius 3 is 2.20 bits per heavy atom. The molecule has 166 valence electrons. The van der Waals surface area contributed by atoms with Gasteiger partial charge in [-0.1, -0.05) is 30.3 Å². The first-order valence-corrected chi connectivity index (χ1v) is 10.8. The van der Waals surface area contributed by atoms with Crippen LogP contribution in [0.1, 0.15) is 24.5 Å². The first-order valence-electron chi connectivity index (χ1n) is 9.18. The van der Waals surface area contributed by atoms with Gasteiger partial charge in [0.15, 0.2) is 15.8 Å². The highest BCUT2D eigenvalue weighted by Gasteiger charge is 2.29. The SMILES string of the molecule is CCNC(=NCc1ccc(C(F)(F)F)cc1)NCCCS(=O)(=O)c1ccccc1.I. The number of aliphatic imine (C=N–C) groups is 1. The number of guanidine groups is 1. The quantitative estimate of drug-likeness (QED) is 0.221. The van der Waals surface area contributed by atoms with E-state index in [1.54, 1.807) is 30.3 Å². The second kappa shape index (κ2) is 12.1. The van der Waals surface area contributed by atoms with E-state index in [-0.39, 0.29) is 36.3 Å². The van der Waals surface area contributed by atoms with Gasteiger partial charge in [-0.3, -0.25) is 0 Å². The maximum atomic E-state index is 12.6. The van der Waals surface area contributed by atoms with Gasteiger partial charge in [0.2, 0.25) is 0 Å². The molecule has 0 aliphatic rings. The molecule has 0 bridgehead atoms. The van der Waals surface area contributed by atoms with Crippen LogP contribution in [0.2, 0.25) is 0 Å². The fourth-order valence-corrected chi connectivity index (χ4v) is 3.86. The van der Waals surface area contributed by atoms with Gasteiger partial charge in [-0.25, -0.2) is 13.4 Å². The monoisotopic (exact) mass is 555 g/mol. The Kier molecular flexibility index (Phi) is 10.6. The number of benzene rings is 2. The molecule has 30 heavy (non-hydrogen) atoms. The van der Waals surface area contributed by atoms with Gasteiger partial charge >= 0.3 is 6.18 Å². The zero-order valence-electron chi connectivity index (χ0n) is 16.4. The van der Waals surface area contributed by atoms with Crippen LogP contribution in [0.15, 0.2) is 64.5 Å². The van der Waals surface area contributed by atoms with Crippen molar-refractivity contribution in [1.29, 1.82) is 0 Å². The Balaban J connectivity index is 0.00000450. The van der Waals surface area contributed by atoms with Gasteiger partial charge in [-0.05, 0) is 43.2 Å². The molecule has 0 unspecified atom stereocenters. The summed E-state index contributed by atoms with van der Waals surface area (Å²) in [6.07, 6.45) is -3.97. The predicted octanol–water partition coefficient (Wildman–Crippen LogP) is 4.24. The molecule has 0 radical (unpaired) electrons. The number of halogens is 4. The van der Waals surface area contributed by atoms with Crippen LogP contribution in [0.3, 0.4) is 0 Å². The van der Waals surface area contributed by atoms with Crippen molar-refractivity contribution in [3.05, 3.63) is 65.7 Å². The summed E-state index contributed by atoms with van der Waals surface area (Å²) >= 11 is 0. The van der Waals surface area contributed by atoms with Gasteiger partial charge in [-0.2, -0.15) is 13.2 Å². The maximum Gasteiger partial charge on any atom is 0.416 e. The Bertz CT molecular complexity index is 903. The fraction of sp³-hybridized carbons (Fsp3) is 0.350. The lowest BCUT2D eigenvalue weighted by Gasteiger charge is -2.12. The van der Waals surface area contributed by atoms with E-state index < -0.39 is 21.6 Å². The van der Waals surface area contributed by atoms with Crippen LogP contribution in [-0.2, 0) is 22.6 Å². The van der Waals surface area contributed by atoms with Crippen molar-refractivity contribution in [3.8, 4) is 0 Å².